The van der Waals surface area contributed by atoms with E-state index in [0.717, 1.165) is 17.7 Å². The molecule has 7 nitrogen and oxygen atoms in total. The largest absolute Gasteiger partial charge is 0.353 e. The number of piperazine rings is 1. The van der Waals surface area contributed by atoms with Gasteiger partial charge in [0.2, 0.25) is 0 Å². The molecule has 1 fully saturated rings. The highest BCUT2D eigenvalue weighted by Crippen LogP contribution is 2.40. The molecule has 4 rings (SSSR count). The number of hydrogen-bond donors (Lipinski definition) is 0. The third kappa shape index (κ3) is 4.19. The Morgan fingerprint density at radius 1 is 1.23 bits per heavy atom. The van der Waals surface area contributed by atoms with Crippen LogP contribution in [0.25, 0.3) is 0 Å². The van der Waals surface area contributed by atoms with Gasteiger partial charge in [-0.15, -0.1) is 11.3 Å². The fraction of sp³-hybridized carbons (Fsp3) is 0.545. The summed E-state index contributed by atoms with van der Waals surface area (Å²) >= 11 is 1.67. The molecule has 1 amide bonds. The maximum absolute atomic E-state index is 13.1. The maximum Gasteiger partial charge on any atom is 0.287 e. The fourth-order valence-electron chi connectivity index (χ4n) is 4.34. The van der Waals surface area contributed by atoms with E-state index in [4.69, 9.17) is 0 Å². The van der Waals surface area contributed by atoms with Crippen LogP contribution >= 0.6 is 11.3 Å². The summed E-state index contributed by atoms with van der Waals surface area (Å²) in [6.07, 6.45) is 4.64. The maximum atomic E-state index is 13.1. The lowest BCUT2D eigenvalue weighted by Crippen LogP contribution is -2.48. The first-order valence-corrected chi connectivity index (χ1v) is 11.3. The Morgan fingerprint density at radius 3 is 2.57 bits per heavy atom. The van der Waals surface area contributed by atoms with Crippen molar-refractivity contribution in [2.24, 2.45) is 11.3 Å². The molecule has 160 valence electrons. The van der Waals surface area contributed by atoms with E-state index in [-0.39, 0.29) is 11.6 Å². The number of anilines is 1. The van der Waals surface area contributed by atoms with Crippen LogP contribution in [0.4, 0.5) is 11.5 Å². The number of hydrogen-bond acceptors (Lipinski definition) is 6. The first-order chi connectivity index (χ1) is 14.2. The fourth-order valence-corrected chi connectivity index (χ4v) is 5.51. The number of nitrogens with zero attached hydrogens (tertiary/aromatic N) is 4. The number of amides is 1. The number of carbonyl (C=O) groups excluding carboxylic acids is 1. The predicted octanol–water partition coefficient (Wildman–Crippen LogP) is 4.16. The smallest absolute Gasteiger partial charge is 0.287 e. The van der Waals surface area contributed by atoms with E-state index >= 15 is 0 Å². The van der Waals surface area contributed by atoms with Crippen molar-refractivity contribution in [1.82, 2.24) is 9.88 Å². The average molecular weight is 429 g/mol. The van der Waals surface area contributed by atoms with Crippen molar-refractivity contribution in [2.45, 2.75) is 40.0 Å². The number of carbonyl (C=O) groups is 1. The standard InChI is InChI=1S/C22H28N4O3S/c1-22(2,3)16-4-6-18-15(12-16)13-19(30-18)21(27)25-10-8-24(9-11-25)20-7-5-17(14-23-20)26(28)29/h5,7,13-14,16H,4,6,8-12H2,1-3H3. The molecule has 0 bridgehead atoms. The van der Waals surface area contributed by atoms with Gasteiger partial charge in [0, 0.05) is 37.1 Å². The number of fused-ring (bicyclic) bond motifs is 1. The van der Waals surface area contributed by atoms with E-state index < -0.39 is 4.92 Å². The van der Waals surface area contributed by atoms with Crippen LogP contribution in [0.2, 0.25) is 0 Å². The van der Waals surface area contributed by atoms with Gasteiger partial charge in [0.1, 0.15) is 12.0 Å². The van der Waals surface area contributed by atoms with Gasteiger partial charge >= 0.3 is 0 Å². The van der Waals surface area contributed by atoms with Crippen LogP contribution in [-0.4, -0.2) is 46.9 Å². The number of aryl methyl sites for hydroxylation is 1. The van der Waals surface area contributed by atoms with Gasteiger partial charge in [0.15, 0.2) is 0 Å². The highest BCUT2D eigenvalue weighted by Gasteiger charge is 2.31. The number of rotatable bonds is 3. The Bertz CT molecular complexity index is 940. The lowest BCUT2D eigenvalue weighted by atomic mass is 9.72. The van der Waals surface area contributed by atoms with Gasteiger partial charge in [0.05, 0.1) is 9.80 Å². The Labute approximate surface area is 180 Å². The van der Waals surface area contributed by atoms with Gasteiger partial charge in [0.25, 0.3) is 11.6 Å². The molecule has 0 N–H and O–H groups in total. The highest BCUT2D eigenvalue weighted by atomic mass is 32.1. The zero-order valence-electron chi connectivity index (χ0n) is 17.8. The molecule has 1 aliphatic carbocycles. The summed E-state index contributed by atoms with van der Waals surface area (Å²) in [4.78, 5) is 33.9. The van der Waals surface area contributed by atoms with Crippen LogP contribution in [0.5, 0.6) is 0 Å². The third-order valence-corrected chi connectivity index (χ3v) is 7.58. The van der Waals surface area contributed by atoms with Gasteiger partial charge in [-0.25, -0.2) is 4.98 Å². The molecule has 30 heavy (non-hydrogen) atoms. The van der Waals surface area contributed by atoms with E-state index in [0.29, 0.717) is 43.3 Å². The zero-order valence-corrected chi connectivity index (χ0v) is 18.6. The Balaban J connectivity index is 1.38. The van der Waals surface area contributed by atoms with Crippen LogP contribution < -0.4 is 4.90 Å². The second-order valence-corrected chi connectivity index (χ2v) is 10.4. The lowest BCUT2D eigenvalue weighted by Gasteiger charge is -2.35. The van der Waals surface area contributed by atoms with Gasteiger partial charge < -0.3 is 9.80 Å². The first kappa shape index (κ1) is 20.8. The van der Waals surface area contributed by atoms with Crippen LogP contribution in [-0.2, 0) is 12.8 Å². The third-order valence-electron chi connectivity index (χ3n) is 6.35. The summed E-state index contributed by atoms with van der Waals surface area (Å²) in [5, 5.41) is 10.8. The molecule has 8 heteroatoms. The molecule has 3 heterocycles. The Hall–Kier alpha value is -2.48. The Kier molecular flexibility index (Phi) is 5.53. The second kappa shape index (κ2) is 7.98. The predicted molar refractivity (Wildman–Crippen MR) is 118 cm³/mol. The van der Waals surface area contributed by atoms with E-state index in [1.54, 1.807) is 17.4 Å². The van der Waals surface area contributed by atoms with Crippen LogP contribution in [0.3, 0.4) is 0 Å². The number of pyridine rings is 1. The van der Waals surface area contributed by atoms with Crippen molar-refractivity contribution in [3.63, 3.8) is 0 Å². The van der Waals surface area contributed by atoms with E-state index in [9.17, 15) is 14.9 Å². The summed E-state index contributed by atoms with van der Waals surface area (Å²) in [6, 6.07) is 5.28. The monoisotopic (exact) mass is 428 g/mol. The molecular weight excluding hydrogens is 400 g/mol. The topological polar surface area (TPSA) is 79.6 Å². The molecule has 2 aliphatic rings. The van der Waals surface area contributed by atoms with E-state index in [1.165, 1.54) is 29.1 Å². The van der Waals surface area contributed by atoms with Gasteiger partial charge in [-0.2, -0.15) is 0 Å². The summed E-state index contributed by atoms with van der Waals surface area (Å²) < 4.78 is 0. The molecule has 1 saturated heterocycles. The van der Waals surface area contributed by atoms with E-state index in [2.05, 4.69) is 36.7 Å². The highest BCUT2D eigenvalue weighted by molar-refractivity contribution is 7.14. The van der Waals surface area contributed by atoms with Crippen LogP contribution in [0.1, 0.15) is 47.3 Å². The van der Waals surface area contributed by atoms with Gasteiger partial charge in [-0.1, -0.05) is 20.8 Å². The number of thiophene rings is 1. The molecule has 2 aromatic rings. The molecule has 1 unspecified atom stereocenters. The quantitative estimate of drug-likeness (QED) is 0.542. The van der Waals surface area contributed by atoms with Crippen molar-refractivity contribution in [2.75, 3.05) is 31.1 Å². The van der Waals surface area contributed by atoms with E-state index in [1.807, 2.05) is 4.90 Å². The Morgan fingerprint density at radius 2 is 1.97 bits per heavy atom. The van der Waals surface area contributed by atoms with Crippen molar-refractivity contribution in [3.8, 4) is 0 Å². The molecule has 0 spiro atoms. The molecule has 0 saturated carbocycles. The SMILES string of the molecule is CC(C)(C)C1CCc2sc(C(=O)N3CCN(c4ccc([N+](=O)[O-])cn4)CC3)cc2C1. The molecule has 1 aliphatic heterocycles. The molecule has 0 radical (unpaired) electrons. The summed E-state index contributed by atoms with van der Waals surface area (Å²) in [5.41, 5.74) is 1.65. The van der Waals surface area contributed by atoms with Crippen LogP contribution in [0, 0.1) is 21.4 Å². The minimum absolute atomic E-state index is 0.0112. The molecule has 2 aromatic heterocycles. The van der Waals surface area contributed by atoms with Gasteiger partial charge in [-0.3, -0.25) is 14.9 Å². The molecular formula is C22H28N4O3S. The summed E-state index contributed by atoms with van der Waals surface area (Å²) in [5.74, 6) is 1.51. The van der Waals surface area contributed by atoms with Crippen LogP contribution in [0.15, 0.2) is 24.4 Å². The normalized spacial score (nSPS) is 19.5. The van der Waals surface area contributed by atoms with Crippen molar-refractivity contribution < 1.29 is 9.72 Å². The second-order valence-electron chi connectivity index (χ2n) is 9.28. The zero-order chi connectivity index (χ0) is 21.5. The summed E-state index contributed by atoms with van der Waals surface area (Å²) in [6.45, 7) is 9.53. The average Bonchev–Trinajstić information content (AvgIpc) is 3.16. The lowest BCUT2D eigenvalue weighted by molar-refractivity contribution is -0.385. The minimum Gasteiger partial charge on any atom is -0.353 e. The number of nitro groups is 1. The van der Waals surface area contributed by atoms with Crippen molar-refractivity contribution in [3.05, 3.63) is 49.8 Å². The van der Waals surface area contributed by atoms with Crippen molar-refractivity contribution in [1.29, 1.82) is 0 Å². The summed E-state index contributed by atoms with van der Waals surface area (Å²) in [7, 11) is 0. The van der Waals surface area contributed by atoms with Crippen molar-refractivity contribution >= 4 is 28.7 Å². The molecule has 0 aromatic carbocycles. The van der Waals surface area contributed by atoms with Gasteiger partial charge in [-0.05, 0) is 48.3 Å². The minimum atomic E-state index is -0.447. The first-order valence-electron chi connectivity index (χ1n) is 10.5. The number of aromatic nitrogens is 1. The molecule has 1 atom stereocenters.